The molecule has 0 atom stereocenters. The van der Waals surface area contributed by atoms with Crippen LogP contribution in [0.5, 0.6) is 5.75 Å². The Balaban J connectivity index is 0.000000540. The predicted octanol–water partition coefficient (Wildman–Crippen LogP) is 4.98. The van der Waals surface area contributed by atoms with Crippen LogP contribution in [0, 0.1) is 6.92 Å². The molecule has 0 saturated heterocycles. The molecule has 14 heteroatoms. The molecule has 252 valence electrons. The second-order valence-corrected chi connectivity index (χ2v) is 11.4. The van der Waals surface area contributed by atoms with Crippen LogP contribution in [0.15, 0.2) is 89.9 Å². The number of carbonyl (C=O) groups is 1. The summed E-state index contributed by atoms with van der Waals surface area (Å²) in [5.41, 5.74) is 9.44. The highest BCUT2D eigenvalue weighted by atomic mass is 19.4. The third-order valence-corrected chi connectivity index (χ3v) is 8.21. The summed E-state index contributed by atoms with van der Waals surface area (Å²) in [7, 11) is 1.66. The van der Waals surface area contributed by atoms with E-state index in [0.29, 0.717) is 25.9 Å². The molecule has 0 aliphatic carbocycles. The summed E-state index contributed by atoms with van der Waals surface area (Å²) in [5, 5.41) is 24.1. The number of nitrogens with zero attached hydrogens (tertiary/aromatic N) is 6. The molecule has 1 aliphatic rings. The Labute approximate surface area is 278 Å². The summed E-state index contributed by atoms with van der Waals surface area (Å²) in [6.07, 6.45) is -1.83. The Hall–Kier alpha value is -5.76. The second kappa shape index (κ2) is 13.8. The zero-order chi connectivity index (χ0) is 34.7. The van der Waals surface area contributed by atoms with Gasteiger partial charge < -0.3 is 15.2 Å². The van der Waals surface area contributed by atoms with Gasteiger partial charge in [-0.25, -0.2) is 14.0 Å². The maximum absolute atomic E-state index is 14.1. The molecule has 49 heavy (non-hydrogen) atoms. The summed E-state index contributed by atoms with van der Waals surface area (Å²) in [6, 6.07) is 26.4. The highest BCUT2D eigenvalue weighted by molar-refractivity contribution is 5.73. The Kier molecular flexibility index (Phi) is 9.31. The normalized spacial score (nSPS) is 12.7. The van der Waals surface area contributed by atoms with Gasteiger partial charge in [0.1, 0.15) is 11.4 Å². The number of aryl methyl sites for hydroxylation is 1. The lowest BCUT2D eigenvalue weighted by Gasteiger charge is -2.21. The molecule has 0 radical (unpaired) electrons. The number of hydrogen-bond donors (Lipinski definition) is 2. The number of carboxylic acid groups (broad SMARTS) is 1. The largest absolute Gasteiger partial charge is 0.497 e. The van der Waals surface area contributed by atoms with Gasteiger partial charge in [-0.2, -0.15) is 18.3 Å². The van der Waals surface area contributed by atoms with E-state index in [9.17, 15) is 18.0 Å². The predicted molar refractivity (Wildman–Crippen MR) is 175 cm³/mol. The van der Waals surface area contributed by atoms with Crippen molar-refractivity contribution in [3.8, 4) is 22.7 Å². The smallest absolute Gasteiger partial charge is 0.490 e. The van der Waals surface area contributed by atoms with Crippen molar-refractivity contribution in [2.45, 2.75) is 39.0 Å². The molecule has 0 bridgehead atoms. The lowest BCUT2D eigenvalue weighted by atomic mass is 10.1. The number of aliphatic carboxylic acids is 1. The Bertz CT molecular complexity index is 2160. The van der Waals surface area contributed by atoms with Crippen LogP contribution in [0.3, 0.4) is 0 Å². The first-order chi connectivity index (χ1) is 23.5. The first-order valence-electron chi connectivity index (χ1n) is 15.4. The first kappa shape index (κ1) is 33.2. The highest BCUT2D eigenvalue weighted by Gasteiger charge is 2.38. The third-order valence-electron chi connectivity index (χ3n) is 8.21. The quantitative estimate of drug-likeness (QED) is 0.243. The number of benzene rings is 3. The van der Waals surface area contributed by atoms with E-state index in [0.717, 1.165) is 63.0 Å². The van der Waals surface area contributed by atoms with Crippen molar-refractivity contribution in [1.29, 1.82) is 0 Å². The minimum atomic E-state index is -5.08. The maximum Gasteiger partial charge on any atom is 0.490 e. The van der Waals surface area contributed by atoms with Crippen LogP contribution in [0.4, 0.5) is 13.2 Å². The summed E-state index contributed by atoms with van der Waals surface area (Å²) >= 11 is 0. The van der Waals surface area contributed by atoms with Crippen molar-refractivity contribution < 1.29 is 27.8 Å². The van der Waals surface area contributed by atoms with E-state index >= 15 is 0 Å². The molecule has 0 saturated carbocycles. The van der Waals surface area contributed by atoms with Crippen molar-refractivity contribution >= 4 is 11.6 Å². The molecule has 0 spiro atoms. The molecule has 6 aromatic rings. The number of halogens is 3. The number of ether oxygens (including phenoxy) is 1. The molecular formula is C35H32F3N7O4. The number of rotatable bonds is 7. The lowest BCUT2D eigenvalue weighted by molar-refractivity contribution is -0.192. The zero-order valence-electron chi connectivity index (χ0n) is 26.6. The summed E-state index contributed by atoms with van der Waals surface area (Å²) in [5.74, 6) is -1.94. The van der Waals surface area contributed by atoms with Crippen molar-refractivity contribution in [1.82, 2.24) is 34.5 Å². The van der Waals surface area contributed by atoms with Crippen molar-refractivity contribution in [3.63, 3.8) is 0 Å². The van der Waals surface area contributed by atoms with E-state index in [-0.39, 0.29) is 5.56 Å². The first-order valence-corrected chi connectivity index (χ1v) is 15.4. The van der Waals surface area contributed by atoms with E-state index in [1.165, 1.54) is 5.56 Å². The van der Waals surface area contributed by atoms with E-state index in [4.69, 9.17) is 19.7 Å². The average Bonchev–Trinajstić information content (AvgIpc) is 3.68. The molecular weight excluding hydrogens is 639 g/mol. The minimum absolute atomic E-state index is 0.0176. The fourth-order valence-electron chi connectivity index (χ4n) is 5.87. The average molecular weight is 672 g/mol. The van der Waals surface area contributed by atoms with Crippen LogP contribution >= 0.6 is 0 Å². The van der Waals surface area contributed by atoms with Crippen molar-refractivity contribution in [3.05, 3.63) is 129 Å². The van der Waals surface area contributed by atoms with E-state index in [1.54, 1.807) is 7.11 Å². The van der Waals surface area contributed by atoms with Crippen LogP contribution in [-0.4, -0.2) is 60.1 Å². The molecule has 11 nitrogen and oxygen atoms in total. The Morgan fingerprint density at radius 2 is 1.69 bits per heavy atom. The summed E-state index contributed by atoms with van der Waals surface area (Å²) < 4.78 is 42.7. The van der Waals surface area contributed by atoms with Crippen molar-refractivity contribution in [2.75, 3.05) is 13.7 Å². The number of methoxy groups -OCH3 is 1. The van der Waals surface area contributed by atoms with Gasteiger partial charge in [-0.1, -0.05) is 59.8 Å². The molecule has 3 aromatic heterocycles. The lowest BCUT2D eigenvalue weighted by Crippen LogP contribution is -2.35. The number of hydrogen-bond acceptors (Lipinski definition) is 7. The van der Waals surface area contributed by atoms with Crippen molar-refractivity contribution in [2.24, 2.45) is 0 Å². The second-order valence-electron chi connectivity index (χ2n) is 11.4. The Morgan fingerprint density at radius 3 is 2.35 bits per heavy atom. The standard InChI is InChI=1S/C33H31N7O2.C2HF3O2/c1-22-31(38(37-36-22)21-24-8-14-28(42-2)15-9-24)25-10-12-27(13-11-25)39-32-26(18-23-6-4-3-5-7-23)19-35-40(32)30-20-34-17-16-29(30)33(39)41;3-2(4,5)1(6)7/h3-15,19,34H,16-18,20-21H2,1-2H3;(H,6,7). The molecule has 3 aromatic carbocycles. The monoisotopic (exact) mass is 671 g/mol. The van der Waals surface area contributed by atoms with Crippen LogP contribution < -0.4 is 15.6 Å². The van der Waals surface area contributed by atoms with Gasteiger partial charge in [0.2, 0.25) is 0 Å². The summed E-state index contributed by atoms with van der Waals surface area (Å²) in [4.78, 5) is 23.0. The number of aromatic nitrogens is 6. The van der Waals surface area contributed by atoms with Gasteiger partial charge >= 0.3 is 12.1 Å². The molecule has 0 fully saturated rings. The van der Waals surface area contributed by atoms with Gasteiger partial charge in [-0.05, 0) is 55.3 Å². The molecule has 4 heterocycles. The molecule has 7 rings (SSSR count). The van der Waals surface area contributed by atoms with E-state index in [1.807, 2.05) is 93.6 Å². The van der Waals surface area contributed by atoms with Crippen LogP contribution in [0.25, 0.3) is 22.6 Å². The van der Waals surface area contributed by atoms with Crippen LogP contribution in [0.1, 0.15) is 33.6 Å². The molecule has 0 unspecified atom stereocenters. The molecule has 2 N–H and O–H groups in total. The van der Waals surface area contributed by atoms with Gasteiger partial charge in [0.15, 0.2) is 0 Å². The SMILES string of the molecule is COc1ccc(Cn2nnc(C)c2-c2ccc(-n3c(=O)c4c(n5ncc(Cc6ccccc6)c35)CNCC4)cc2)cc1.O=C(O)C(F)(F)F. The summed E-state index contributed by atoms with van der Waals surface area (Å²) in [6.45, 7) is 3.95. The number of fused-ring (bicyclic) bond motifs is 3. The zero-order valence-corrected chi connectivity index (χ0v) is 26.6. The van der Waals surface area contributed by atoms with Gasteiger partial charge in [0.05, 0.1) is 42.6 Å². The maximum atomic E-state index is 14.1. The molecule has 0 amide bonds. The third kappa shape index (κ3) is 6.94. The number of alkyl halides is 3. The highest BCUT2D eigenvalue weighted by Crippen LogP contribution is 2.27. The Morgan fingerprint density at radius 1 is 1.00 bits per heavy atom. The molecule has 1 aliphatic heterocycles. The number of carboxylic acids is 1. The fraction of sp³-hybridized carbons (Fsp3) is 0.229. The van der Waals surface area contributed by atoms with Crippen LogP contribution in [0.2, 0.25) is 0 Å². The van der Waals surface area contributed by atoms with Gasteiger partial charge in [-0.15, -0.1) is 5.10 Å². The van der Waals surface area contributed by atoms with Gasteiger partial charge in [-0.3, -0.25) is 9.36 Å². The van der Waals surface area contributed by atoms with E-state index < -0.39 is 12.1 Å². The van der Waals surface area contributed by atoms with Gasteiger partial charge in [0.25, 0.3) is 5.56 Å². The van der Waals surface area contributed by atoms with E-state index in [2.05, 4.69) is 27.8 Å². The topological polar surface area (TPSA) is 129 Å². The van der Waals surface area contributed by atoms with Gasteiger partial charge in [0, 0.05) is 29.7 Å². The minimum Gasteiger partial charge on any atom is -0.497 e. The van der Waals surface area contributed by atoms with Crippen LogP contribution in [-0.2, 0) is 30.7 Å². The number of nitrogens with one attached hydrogen (secondary N) is 1. The fourth-order valence-corrected chi connectivity index (χ4v) is 5.87.